The van der Waals surface area contributed by atoms with Gasteiger partial charge in [0.15, 0.2) is 0 Å². The Morgan fingerprint density at radius 1 is 1.26 bits per heavy atom. The molecule has 1 aliphatic heterocycles. The van der Waals surface area contributed by atoms with Gasteiger partial charge >= 0.3 is 5.97 Å². The molecule has 1 atom stereocenters. The number of rotatable bonds is 6. The number of ether oxygens (including phenoxy) is 2. The van der Waals surface area contributed by atoms with E-state index in [4.69, 9.17) is 9.47 Å². The molecule has 1 aromatic rings. The van der Waals surface area contributed by atoms with Crippen molar-refractivity contribution >= 4 is 5.97 Å². The van der Waals surface area contributed by atoms with Gasteiger partial charge in [0, 0.05) is 6.54 Å². The maximum absolute atomic E-state index is 11.0. The Bertz CT molecular complexity index is 439. The molecular weight excluding hydrogens is 242 g/mol. The fourth-order valence-corrected chi connectivity index (χ4v) is 2.11. The molecule has 0 amide bonds. The third-order valence-electron chi connectivity index (χ3n) is 3.56. The van der Waals surface area contributed by atoms with Crippen LogP contribution in [-0.4, -0.2) is 25.2 Å². The van der Waals surface area contributed by atoms with E-state index in [9.17, 15) is 4.79 Å². The van der Waals surface area contributed by atoms with Crippen LogP contribution in [0.5, 0.6) is 5.75 Å². The molecule has 19 heavy (non-hydrogen) atoms. The highest BCUT2D eigenvalue weighted by Crippen LogP contribution is 2.29. The first-order chi connectivity index (χ1) is 9.29. The SMILES string of the molecule is O=C1C[C@H](NCc2ccc(OCC3CC3)cc2)CO1. The average Bonchev–Trinajstić information content (AvgIpc) is 3.17. The van der Waals surface area contributed by atoms with Crippen molar-refractivity contribution in [2.24, 2.45) is 5.92 Å². The van der Waals surface area contributed by atoms with Crippen molar-refractivity contribution in [3.05, 3.63) is 29.8 Å². The fraction of sp³-hybridized carbons (Fsp3) is 0.533. The fourth-order valence-electron chi connectivity index (χ4n) is 2.11. The minimum Gasteiger partial charge on any atom is -0.493 e. The van der Waals surface area contributed by atoms with Gasteiger partial charge in [0.05, 0.1) is 19.1 Å². The number of carbonyl (C=O) groups is 1. The maximum atomic E-state index is 11.0. The van der Waals surface area contributed by atoms with Gasteiger partial charge in [-0.25, -0.2) is 0 Å². The van der Waals surface area contributed by atoms with Gasteiger partial charge in [0.25, 0.3) is 0 Å². The molecule has 1 saturated carbocycles. The number of hydrogen-bond donors (Lipinski definition) is 1. The van der Waals surface area contributed by atoms with E-state index in [0.717, 1.165) is 24.8 Å². The van der Waals surface area contributed by atoms with E-state index in [1.165, 1.54) is 18.4 Å². The Labute approximate surface area is 113 Å². The van der Waals surface area contributed by atoms with Crippen LogP contribution >= 0.6 is 0 Å². The summed E-state index contributed by atoms with van der Waals surface area (Å²) in [6, 6.07) is 8.30. The van der Waals surface area contributed by atoms with Gasteiger partial charge in [0.2, 0.25) is 0 Å². The monoisotopic (exact) mass is 261 g/mol. The smallest absolute Gasteiger partial charge is 0.307 e. The van der Waals surface area contributed by atoms with Crippen LogP contribution in [0.2, 0.25) is 0 Å². The number of esters is 1. The second-order valence-corrected chi connectivity index (χ2v) is 5.36. The lowest BCUT2D eigenvalue weighted by molar-refractivity contribution is -0.137. The normalized spacial score (nSPS) is 22.3. The maximum Gasteiger partial charge on any atom is 0.307 e. The largest absolute Gasteiger partial charge is 0.493 e. The number of benzene rings is 1. The zero-order chi connectivity index (χ0) is 13.1. The molecule has 1 aliphatic carbocycles. The van der Waals surface area contributed by atoms with Crippen molar-refractivity contribution in [3.8, 4) is 5.75 Å². The van der Waals surface area contributed by atoms with Crippen LogP contribution < -0.4 is 10.1 Å². The van der Waals surface area contributed by atoms with Crippen molar-refractivity contribution in [3.63, 3.8) is 0 Å². The molecule has 3 rings (SSSR count). The minimum atomic E-state index is -0.110. The summed E-state index contributed by atoms with van der Waals surface area (Å²) >= 11 is 0. The van der Waals surface area contributed by atoms with E-state index >= 15 is 0 Å². The van der Waals surface area contributed by atoms with E-state index in [2.05, 4.69) is 17.4 Å². The van der Waals surface area contributed by atoms with Gasteiger partial charge in [-0.3, -0.25) is 4.79 Å². The quantitative estimate of drug-likeness (QED) is 0.794. The summed E-state index contributed by atoms with van der Waals surface area (Å²) in [6.45, 7) is 2.09. The van der Waals surface area contributed by atoms with Crippen molar-refractivity contribution in [1.29, 1.82) is 0 Å². The molecule has 2 fully saturated rings. The highest BCUT2D eigenvalue weighted by Gasteiger charge is 2.23. The van der Waals surface area contributed by atoms with Crippen LogP contribution in [0.1, 0.15) is 24.8 Å². The average molecular weight is 261 g/mol. The van der Waals surface area contributed by atoms with E-state index in [1.54, 1.807) is 0 Å². The molecule has 4 nitrogen and oxygen atoms in total. The molecule has 4 heteroatoms. The molecule has 1 aromatic carbocycles. The summed E-state index contributed by atoms with van der Waals surface area (Å²) < 4.78 is 10.6. The number of hydrogen-bond acceptors (Lipinski definition) is 4. The van der Waals surface area contributed by atoms with Gasteiger partial charge < -0.3 is 14.8 Å². The van der Waals surface area contributed by atoms with Crippen molar-refractivity contribution in [2.75, 3.05) is 13.2 Å². The summed E-state index contributed by atoms with van der Waals surface area (Å²) in [4.78, 5) is 11.0. The highest BCUT2D eigenvalue weighted by molar-refractivity contribution is 5.72. The molecule has 1 N–H and O–H groups in total. The van der Waals surface area contributed by atoms with Gasteiger partial charge in [-0.15, -0.1) is 0 Å². The molecule has 0 bridgehead atoms. The van der Waals surface area contributed by atoms with Crippen LogP contribution in [0.15, 0.2) is 24.3 Å². The Kier molecular flexibility index (Phi) is 3.69. The molecule has 102 valence electrons. The zero-order valence-electron chi connectivity index (χ0n) is 10.9. The van der Waals surface area contributed by atoms with Crippen LogP contribution in [0.4, 0.5) is 0 Å². The molecule has 1 saturated heterocycles. The Hall–Kier alpha value is -1.55. The second kappa shape index (κ2) is 5.61. The Morgan fingerprint density at radius 3 is 2.68 bits per heavy atom. The van der Waals surface area contributed by atoms with Gasteiger partial charge in [-0.1, -0.05) is 12.1 Å². The Balaban J connectivity index is 1.44. The predicted molar refractivity (Wildman–Crippen MR) is 70.9 cm³/mol. The third kappa shape index (κ3) is 3.70. The summed E-state index contributed by atoms with van der Waals surface area (Å²) in [5.41, 5.74) is 1.19. The number of nitrogens with one attached hydrogen (secondary N) is 1. The topological polar surface area (TPSA) is 47.6 Å². The molecular formula is C15H19NO3. The van der Waals surface area contributed by atoms with Crippen LogP contribution in [-0.2, 0) is 16.1 Å². The third-order valence-corrected chi connectivity index (χ3v) is 3.56. The van der Waals surface area contributed by atoms with Crippen LogP contribution in [0, 0.1) is 5.92 Å². The molecule has 0 unspecified atom stereocenters. The van der Waals surface area contributed by atoms with Gasteiger partial charge in [-0.2, -0.15) is 0 Å². The predicted octanol–water partition coefficient (Wildman–Crippen LogP) is 1.88. The minimum absolute atomic E-state index is 0.110. The molecule has 0 radical (unpaired) electrons. The lowest BCUT2D eigenvalue weighted by atomic mass is 10.2. The summed E-state index contributed by atoms with van der Waals surface area (Å²) in [7, 11) is 0. The second-order valence-electron chi connectivity index (χ2n) is 5.36. The zero-order valence-corrected chi connectivity index (χ0v) is 10.9. The molecule has 0 aromatic heterocycles. The molecule has 2 aliphatic rings. The Morgan fingerprint density at radius 2 is 2.05 bits per heavy atom. The first-order valence-corrected chi connectivity index (χ1v) is 6.90. The van der Waals surface area contributed by atoms with E-state index in [1.807, 2.05) is 12.1 Å². The van der Waals surface area contributed by atoms with Gasteiger partial charge in [0.1, 0.15) is 12.4 Å². The number of carbonyl (C=O) groups excluding carboxylic acids is 1. The first-order valence-electron chi connectivity index (χ1n) is 6.90. The molecule has 0 spiro atoms. The van der Waals surface area contributed by atoms with Crippen LogP contribution in [0.25, 0.3) is 0 Å². The van der Waals surface area contributed by atoms with E-state index < -0.39 is 0 Å². The lowest BCUT2D eigenvalue weighted by Gasteiger charge is -2.10. The van der Waals surface area contributed by atoms with Crippen LogP contribution in [0.3, 0.4) is 0 Å². The first kappa shape index (κ1) is 12.5. The summed E-state index contributed by atoms with van der Waals surface area (Å²) in [5, 5.41) is 3.32. The van der Waals surface area contributed by atoms with Crippen molar-refractivity contribution in [2.45, 2.75) is 31.8 Å². The van der Waals surface area contributed by atoms with Gasteiger partial charge in [-0.05, 0) is 36.5 Å². The standard InChI is InChI=1S/C15H19NO3/c17-15-7-13(10-19-15)16-8-11-3-5-14(6-4-11)18-9-12-1-2-12/h3-6,12-13,16H,1-2,7-10H2/t13-/m0/s1. The lowest BCUT2D eigenvalue weighted by Crippen LogP contribution is -2.28. The van der Waals surface area contributed by atoms with Crippen molar-refractivity contribution < 1.29 is 14.3 Å². The highest BCUT2D eigenvalue weighted by atomic mass is 16.5. The summed E-state index contributed by atoms with van der Waals surface area (Å²) in [6.07, 6.45) is 3.09. The number of cyclic esters (lactones) is 1. The summed E-state index contributed by atoms with van der Waals surface area (Å²) in [5.74, 6) is 1.61. The van der Waals surface area contributed by atoms with E-state index in [-0.39, 0.29) is 12.0 Å². The molecule has 1 heterocycles. The van der Waals surface area contributed by atoms with E-state index in [0.29, 0.717) is 13.0 Å². The van der Waals surface area contributed by atoms with Crippen molar-refractivity contribution in [1.82, 2.24) is 5.32 Å².